The number of anilines is 1. The number of nitrogens with zero attached hydrogens (tertiary/aromatic N) is 3. The summed E-state index contributed by atoms with van der Waals surface area (Å²) in [7, 11) is 4.80. The van der Waals surface area contributed by atoms with Crippen LogP contribution in [0.4, 0.5) is 15.0 Å². The number of ether oxygens (including phenoxy) is 1. The highest BCUT2D eigenvalue weighted by atomic mass is 19.1. The molecule has 1 aromatic carbocycles. The summed E-state index contributed by atoms with van der Waals surface area (Å²) in [5.41, 5.74) is 0.673. The Morgan fingerprint density at radius 2 is 2.24 bits per heavy atom. The van der Waals surface area contributed by atoms with Gasteiger partial charge in [-0.25, -0.2) is 9.18 Å². The van der Waals surface area contributed by atoms with Gasteiger partial charge >= 0.3 is 6.03 Å². The number of hydrogen-bond donors (Lipinski definition) is 1. The van der Waals surface area contributed by atoms with E-state index in [1.165, 1.54) is 24.1 Å². The Hall–Kier alpha value is -2.57. The van der Waals surface area contributed by atoms with E-state index in [2.05, 4.69) is 10.4 Å². The third-order valence-corrected chi connectivity index (χ3v) is 2.93. The molecule has 1 aromatic heterocycles. The zero-order valence-corrected chi connectivity index (χ0v) is 12.1. The first kappa shape index (κ1) is 14.8. The van der Waals surface area contributed by atoms with Gasteiger partial charge in [0.15, 0.2) is 17.4 Å². The number of carbonyl (C=O) groups excluding carboxylic acids is 1. The quantitative estimate of drug-likeness (QED) is 0.940. The Morgan fingerprint density at radius 3 is 2.81 bits per heavy atom. The van der Waals surface area contributed by atoms with Gasteiger partial charge in [-0.05, 0) is 17.7 Å². The molecule has 0 unspecified atom stereocenters. The van der Waals surface area contributed by atoms with Crippen LogP contribution in [0.2, 0.25) is 0 Å². The summed E-state index contributed by atoms with van der Waals surface area (Å²) >= 11 is 0. The van der Waals surface area contributed by atoms with Gasteiger partial charge in [0.25, 0.3) is 0 Å². The zero-order valence-electron chi connectivity index (χ0n) is 12.1. The lowest BCUT2D eigenvalue weighted by Crippen LogP contribution is -2.31. The van der Waals surface area contributed by atoms with E-state index in [9.17, 15) is 9.18 Å². The number of hydrogen-bond acceptors (Lipinski definition) is 3. The second kappa shape index (κ2) is 6.25. The fraction of sp³-hybridized carbons (Fsp3) is 0.286. The van der Waals surface area contributed by atoms with E-state index < -0.39 is 5.82 Å². The number of rotatable bonds is 4. The van der Waals surface area contributed by atoms with Crippen LogP contribution >= 0.6 is 0 Å². The van der Waals surface area contributed by atoms with E-state index in [0.717, 1.165) is 0 Å². The molecule has 1 N–H and O–H groups in total. The van der Waals surface area contributed by atoms with Crippen molar-refractivity contribution in [2.75, 3.05) is 19.5 Å². The Labute approximate surface area is 122 Å². The Bertz CT molecular complexity index is 642. The van der Waals surface area contributed by atoms with Crippen LogP contribution in [0, 0.1) is 5.82 Å². The number of carbonyl (C=O) groups is 1. The fourth-order valence-electron chi connectivity index (χ4n) is 1.84. The van der Waals surface area contributed by atoms with Gasteiger partial charge in [-0.15, -0.1) is 0 Å². The van der Waals surface area contributed by atoms with Crippen LogP contribution in [-0.4, -0.2) is 34.9 Å². The number of aromatic nitrogens is 2. The molecule has 0 aliphatic rings. The van der Waals surface area contributed by atoms with E-state index in [4.69, 9.17) is 4.74 Å². The molecule has 2 amide bonds. The van der Waals surface area contributed by atoms with Crippen LogP contribution in [0.15, 0.2) is 30.5 Å². The van der Waals surface area contributed by atoms with Crippen LogP contribution < -0.4 is 10.1 Å². The lowest BCUT2D eigenvalue weighted by molar-refractivity contribution is 0.220. The second-order valence-corrected chi connectivity index (χ2v) is 4.63. The predicted octanol–water partition coefficient (Wildman–Crippen LogP) is 2.23. The van der Waals surface area contributed by atoms with Gasteiger partial charge in [0.05, 0.1) is 7.11 Å². The summed E-state index contributed by atoms with van der Waals surface area (Å²) < 4.78 is 20.0. The summed E-state index contributed by atoms with van der Waals surface area (Å²) in [6.45, 7) is 0.277. The highest BCUT2D eigenvalue weighted by molar-refractivity contribution is 5.87. The number of nitrogens with one attached hydrogen (secondary N) is 1. The van der Waals surface area contributed by atoms with Crippen LogP contribution in [0.1, 0.15) is 5.56 Å². The van der Waals surface area contributed by atoms with Crippen molar-refractivity contribution in [3.05, 3.63) is 41.8 Å². The number of amides is 2. The van der Waals surface area contributed by atoms with E-state index in [1.807, 2.05) is 0 Å². The van der Waals surface area contributed by atoms with Crippen molar-refractivity contribution in [1.82, 2.24) is 14.7 Å². The molecule has 0 aliphatic carbocycles. The summed E-state index contributed by atoms with van der Waals surface area (Å²) in [6, 6.07) is 5.98. The number of benzene rings is 1. The molecule has 6 nitrogen and oxygen atoms in total. The standard InChI is InChI=1S/C14H17FN4O2/c1-18(14(20)16-13-6-7-19(2)17-13)9-10-4-5-12(21-3)11(15)8-10/h4-8H,9H2,1-3H3,(H,16,17,20). The molecule has 0 saturated heterocycles. The summed E-state index contributed by atoms with van der Waals surface area (Å²) in [4.78, 5) is 13.4. The molecule has 0 spiro atoms. The first-order chi connectivity index (χ1) is 9.99. The molecule has 21 heavy (non-hydrogen) atoms. The zero-order chi connectivity index (χ0) is 15.4. The Kier molecular flexibility index (Phi) is 4.42. The normalized spacial score (nSPS) is 10.3. The maximum absolute atomic E-state index is 13.6. The van der Waals surface area contributed by atoms with E-state index in [0.29, 0.717) is 11.4 Å². The van der Waals surface area contributed by atoms with Crippen LogP contribution in [-0.2, 0) is 13.6 Å². The largest absolute Gasteiger partial charge is 0.494 e. The molecule has 2 aromatic rings. The van der Waals surface area contributed by atoms with Gasteiger partial charge in [0.1, 0.15) is 0 Å². The number of aryl methyl sites for hydroxylation is 1. The molecule has 1 heterocycles. The lowest BCUT2D eigenvalue weighted by Gasteiger charge is -2.17. The van der Waals surface area contributed by atoms with Crippen molar-refractivity contribution in [3.8, 4) is 5.75 Å². The van der Waals surface area contributed by atoms with E-state index in [1.54, 1.807) is 37.1 Å². The van der Waals surface area contributed by atoms with Crippen LogP contribution in [0.5, 0.6) is 5.75 Å². The van der Waals surface area contributed by atoms with Crippen molar-refractivity contribution in [2.24, 2.45) is 7.05 Å². The third kappa shape index (κ3) is 3.71. The van der Waals surface area contributed by atoms with Crippen LogP contribution in [0.25, 0.3) is 0 Å². The second-order valence-electron chi connectivity index (χ2n) is 4.63. The van der Waals surface area contributed by atoms with Gasteiger partial charge in [-0.1, -0.05) is 6.07 Å². The number of urea groups is 1. The molecule has 2 rings (SSSR count). The molecular formula is C14H17FN4O2. The SMILES string of the molecule is COc1ccc(CN(C)C(=O)Nc2ccn(C)n2)cc1F. The van der Waals surface area contributed by atoms with Gasteiger partial charge in [0, 0.05) is 32.9 Å². The summed E-state index contributed by atoms with van der Waals surface area (Å²) in [5.74, 6) is 0.197. The van der Waals surface area contributed by atoms with E-state index >= 15 is 0 Å². The topological polar surface area (TPSA) is 59.4 Å². The van der Waals surface area contributed by atoms with Crippen LogP contribution in [0.3, 0.4) is 0 Å². The minimum absolute atomic E-state index is 0.180. The van der Waals surface area contributed by atoms with Crippen molar-refractivity contribution < 1.29 is 13.9 Å². The van der Waals surface area contributed by atoms with Gasteiger partial charge in [-0.2, -0.15) is 5.10 Å². The third-order valence-electron chi connectivity index (χ3n) is 2.93. The van der Waals surface area contributed by atoms with Crippen molar-refractivity contribution in [1.29, 1.82) is 0 Å². The van der Waals surface area contributed by atoms with Crippen molar-refractivity contribution in [2.45, 2.75) is 6.54 Å². The summed E-state index contributed by atoms with van der Waals surface area (Å²) in [6.07, 6.45) is 1.73. The minimum Gasteiger partial charge on any atom is -0.494 e. The molecule has 112 valence electrons. The van der Waals surface area contributed by atoms with Gasteiger partial charge in [0.2, 0.25) is 0 Å². The molecule has 7 heteroatoms. The van der Waals surface area contributed by atoms with Crippen molar-refractivity contribution >= 4 is 11.8 Å². The van der Waals surface area contributed by atoms with E-state index in [-0.39, 0.29) is 18.3 Å². The van der Waals surface area contributed by atoms with Gasteiger partial charge < -0.3 is 9.64 Å². The summed E-state index contributed by atoms with van der Waals surface area (Å²) in [5, 5.41) is 6.71. The first-order valence-corrected chi connectivity index (χ1v) is 6.34. The molecule has 0 atom stereocenters. The fourth-order valence-corrected chi connectivity index (χ4v) is 1.84. The lowest BCUT2D eigenvalue weighted by atomic mass is 10.2. The highest BCUT2D eigenvalue weighted by Gasteiger charge is 2.12. The molecule has 0 aliphatic heterocycles. The molecule has 0 fully saturated rings. The maximum Gasteiger partial charge on any atom is 0.323 e. The Balaban J connectivity index is 1.98. The van der Waals surface area contributed by atoms with Crippen molar-refractivity contribution in [3.63, 3.8) is 0 Å². The molecule has 0 bridgehead atoms. The van der Waals surface area contributed by atoms with Gasteiger partial charge in [-0.3, -0.25) is 10.00 Å². The average molecular weight is 292 g/mol. The highest BCUT2D eigenvalue weighted by Crippen LogP contribution is 2.18. The maximum atomic E-state index is 13.6. The number of halogens is 1. The molecule has 0 saturated carbocycles. The number of methoxy groups -OCH3 is 1. The minimum atomic E-state index is -0.450. The molecule has 0 radical (unpaired) electrons. The average Bonchev–Trinajstić information content (AvgIpc) is 2.84. The monoisotopic (exact) mass is 292 g/mol. The molecular weight excluding hydrogens is 275 g/mol. The smallest absolute Gasteiger partial charge is 0.323 e. The predicted molar refractivity (Wildman–Crippen MR) is 76.6 cm³/mol. The first-order valence-electron chi connectivity index (χ1n) is 6.34. The Morgan fingerprint density at radius 1 is 1.48 bits per heavy atom.